The SMILES string of the molecule is CN(c1ncccc1CCc1nc(Nc2cccc(C(=O)NCC3(C)COC3)c2)ncc1C(F)(F)F)S(C)(=O)=O. The summed E-state index contributed by atoms with van der Waals surface area (Å²) in [6.45, 7) is 3.60. The molecule has 0 radical (unpaired) electrons. The molecule has 14 heteroatoms. The molecule has 0 atom stereocenters. The van der Waals surface area contributed by atoms with Gasteiger partial charge in [-0.25, -0.2) is 23.4 Å². The molecule has 3 aromatic rings. The van der Waals surface area contributed by atoms with Crippen LogP contribution in [0.5, 0.6) is 0 Å². The smallest absolute Gasteiger partial charge is 0.380 e. The maximum atomic E-state index is 13.8. The van der Waals surface area contributed by atoms with Crippen LogP contribution in [0, 0.1) is 5.41 Å². The first-order chi connectivity index (χ1) is 18.7. The number of carbonyl (C=O) groups excluding carboxylic acids is 1. The zero-order chi connectivity index (χ0) is 29.1. The van der Waals surface area contributed by atoms with Crippen molar-refractivity contribution in [2.24, 2.45) is 5.41 Å². The van der Waals surface area contributed by atoms with Crippen molar-refractivity contribution < 1.29 is 31.1 Å². The van der Waals surface area contributed by atoms with Gasteiger partial charge in [-0.05, 0) is 42.7 Å². The summed E-state index contributed by atoms with van der Waals surface area (Å²) in [6.07, 6.45) is -1.69. The first-order valence-corrected chi connectivity index (χ1v) is 14.1. The van der Waals surface area contributed by atoms with Crippen LogP contribution in [0.25, 0.3) is 0 Å². The van der Waals surface area contributed by atoms with E-state index in [1.54, 1.807) is 36.4 Å². The Kier molecular flexibility index (Phi) is 8.30. The molecule has 2 N–H and O–H groups in total. The maximum absolute atomic E-state index is 13.8. The molecule has 3 heterocycles. The van der Waals surface area contributed by atoms with E-state index in [9.17, 15) is 26.4 Å². The summed E-state index contributed by atoms with van der Waals surface area (Å²) >= 11 is 0. The Morgan fingerprint density at radius 3 is 2.55 bits per heavy atom. The molecular weight excluding hydrogens is 549 g/mol. The lowest BCUT2D eigenvalue weighted by Gasteiger charge is -2.38. The third kappa shape index (κ3) is 7.04. The lowest BCUT2D eigenvalue weighted by atomic mass is 9.88. The Bertz CT molecular complexity index is 1500. The number of pyridine rings is 1. The fraction of sp³-hybridized carbons (Fsp3) is 0.385. The van der Waals surface area contributed by atoms with Gasteiger partial charge in [0.05, 0.1) is 30.7 Å². The van der Waals surface area contributed by atoms with Crippen molar-refractivity contribution in [2.45, 2.75) is 25.9 Å². The van der Waals surface area contributed by atoms with E-state index in [0.717, 1.165) is 10.6 Å². The third-order valence-corrected chi connectivity index (χ3v) is 7.59. The van der Waals surface area contributed by atoms with Gasteiger partial charge in [-0.3, -0.25) is 9.10 Å². The highest BCUT2D eigenvalue weighted by atomic mass is 32.2. The number of ether oxygens (including phenoxy) is 1. The number of aryl methyl sites for hydroxylation is 2. The second-order valence-electron chi connectivity index (χ2n) is 9.96. The van der Waals surface area contributed by atoms with E-state index in [0.29, 0.717) is 42.8 Å². The fourth-order valence-corrected chi connectivity index (χ4v) is 4.52. The zero-order valence-electron chi connectivity index (χ0n) is 22.1. The van der Waals surface area contributed by atoms with Crippen LogP contribution in [0.15, 0.2) is 48.8 Å². The van der Waals surface area contributed by atoms with E-state index in [1.807, 2.05) is 6.92 Å². The molecule has 1 fully saturated rings. The van der Waals surface area contributed by atoms with Crippen molar-refractivity contribution in [3.05, 3.63) is 71.2 Å². The molecule has 0 bridgehead atoms. The van der Waals surface area contributed by atoms with Crippen molar-refractivity contribution in [1.82, 2.24) is 20.3 Å². The number of aromatic nitrogens is 3. The predicted octanol–water partition coefficient (Wildman–Crippen LogP) is 3.58. The molecule has 214 valence electrons. The predicted molar refractivity (Wildman–Crippen MR) is 143 cm³/mol. The largest absolute Gasteiger partial charge is 0.419 e. The van der Waals surface area contributed by atoms with Crippen LogP contribution in [-0.4, -0.2) is 62.3 Å². The number of halogens is 3. The van der Waals surface area contributed by atoms with Crippen molar-refractivity contribution in [3.63, 3.8) is 0 Å². The summed E-state index contributed by atoms with van der Waals surface area (Å²) in [5, 5.41) is 5.74. The molecule has 0 unspecified atom stereocenters. The molecule has 1 aliphatic heterocycles. The van der Waals surface area contributed by atoms with Gasteiger partial charge >= 0.3 is 6.18 Å². The highest BCUT2D eigenvalue weighted by Crippen LogP contribution is 2.33. The number of alkyl halides is 3. The minimum atomic E-state index is -4.70. The van der Waals surface area contributed by atoms with Crippen LogP contribution in [0.3, 0.4) is 0 Å². The second-order valence-corrected chi connectivity index (χ2v) is 12.0. The average Bonchev–Trinajstić information content (AvgIpc) is 2.88. The summed E-state index contributed by atoms with van der Waals surface area (Å²) in [5.41, 5.74) is -0.154. The molecule has 40 heavy (non-hydrogen) atoms. The van der Waals surface area contributed by atoms with E-state index in [-0.39, 0.29) is 41.6 Å². The number of nitrogens with zero attached hydrogens (tertiary/aromatic N) is 4. The van der Waals surface area contributed by atoms with Gasteiger partial charge in [0.1, 0.15) is 5.82 Å². The van der Waals surface area contributed by atoms with Gasteiger partial charge in [-0.2, -0.15) is 13.2 Å². The standard InChI is InChI=1S/C26H29F3N6O4S/c1-25(15-39-16-25)14-32-23(36)18-6-4-8-19(12-18)33-24-31-13-20(26(27,28)29)21(34-24)10-9-17-7-5-11-30-22(17)35(2)40(3,37)38/h4-8,11-13H,9-10,14-16H2,1-3H3,(H,32,36)(H,31,33,34). The zero-order valence-corrected chi connectivity index (χ0v) is 22.9. The molecule has 1 aliphatic rings. The number of benzene rings is 1. The molecule has 0 aliphatic carbocycles. The number of rotatable bonds is 10. The van der Waals surface area contributed by atoms with Gasteiger partial charge in [0.25, 0.3) is 5.91 Å². The maximum Gasteiger partial charge on any atom is 0.419 e. The van der Waals surface area contributed by atoms with Gasteiger partial charge in [-0.1, -0.05) is 19.1 Å². The van der Waals surface area contributed by atoms with Gasteiger partial charge < -0.3 is 15.4 Å². The Labute approximate surface area is 230 Å². The number of hydrogen-bond donors (Lipinski definition) is 2. The quantitative estimate of drug-likeness (QED) is 0.374. The Hall–Kier alpha value is -3.78. The monoisotopic (exact) mass is 578 g/mol. The van der Waals surface area contributed by atoms with Gasteiger partial charge in [0.15, 0.2) is 0 Å². The molecule has 1 aromatic carbocycles. The first-order valence-electron chi connectivity index (χ1n) is 12.3. The van der Waals surface area contributed by atoms with Crippen molar-refractivity contribution in [1.29, 1.82) is 0 Å². The van der Waals surface area contributed by atoms with E-state index < -0.39 is 21.8 Å². The molecule has 0 saturated carbocycles. The van der Waals surface area contributed by atoms with Crippen molar-refractivity contribution >= 4 is 33.4 Å². The van der Waals surface area contributed by atoms with Crippen LogP contribution in [0.1, 0.15) is 34.1 Å². The number of amides is 1. The van der Waals surface area contributed by atoms with Crippen molar-refractivity contribution in [3.8, 4) is 0 Å². The Morgan fingerprint density at radius 1 is 1.15 bits per heavy atom. The summed E-state index contributed by atoms with van der Waals surface area (Å²) < 4.78 is 71.5. The van der Waals surface area contributed by atoms with Crippen LogP contribution >= 0.6 is 0 Å². The van der Waals surface area contributed by atoms with Crippen LogP contribution in [-0.2, 0) is 33.8 Å². The van der Waals surface area contributed by atoms with Gasteiger partial charge in [0.2, 0.25) is 16.0 Å². The molecular formula is C26H29F3N6O4S. The third-order valence-electron chi connectivity index (χ3n) is 6.43. The van der Waals surface area contributed by atoms with E-state index in [2.05, 4.69) is 25.6 Å². The Morgan fingerprint density at radius 2 is 1.90 bits per heavy atom. The molecule has 1 amide bonds. The van der Waals surface area contributed by atoms with E-state index >= 15 is 0 Å². The molecule has 4 rings (SSSR count). The van der Waals surface area contributed by atoms with Crippen molar-refractivity contribution in [2.75, 3.05) is 42.7 Å². The number of nitrogens with one attached hydrogen (secondary N) is 2. The first kappa shape index (κ1) is 29.2. The van der Waals surface area contributed by atoms with Crippen LogP contribution in [0.4, 0.5) is 30.6 Å². The summed E-state index contributed by atoms with van der Waals surface area (Å²) in [4.78, 5) is 24.7. The number of anilines is 3. The lowest BCUT2D eigenvalue weighted by Crippen LogP contribution is -2.48. The minimum absolute atomic E-state index is 0.0438. The number of sulfonamides is 1. The number of hydrogen-bond acceptors (Lipinski definition) is 8. The molecule has 1 saturated heterocycles. The summed E-state index contributed by atoms with van der Waals surface area (Å²) in [5.74, 6) is -0.253. The highest BCUT2D eigenvalue weighted by molar-refractivity contribution is 7.92. The second kappa shape index (κ2) is 11.4. The van der Waals surface area contributed by atoms with Crippen LogP contribution in [0.2, 0.25) is 0 Å². The topological polar surface area (TPSA) is 126 Å². The molecule has 10 nitrogen and oxygen atoms in total. The summed E-state index contributed by atoms with van der Waals surface area (Å²) in [6, 6.07) is 9.64. The summed E-state index contributed by atoms with van der Waals surface area (Å²) in [7, 11) is -2.31. The average molecular weight is 579 g/mol. The highest BCUT2D eigenvalue weighted by Gasteiger charge is 2.35. The van der Waals surface area contributed by atoms with Gasteiger partial charge in [-0.15, -0.1) is 0 Å². The van der Waals surface area contributed by atoms with E-state index in [4.69, 9.17) is 4.74 Å². The molecule has 0 spiro atoms. The van der Waals surface area contributed by atoms with E-state index in [1.165, 1.54) is 13.2 Å². The molecule has 2 aromatic heterocycles. The minimum Gasteiger partial charge on any atom is -0.380 e. The van der Waals surface area contributed by atoms with Crippen LogP contribution < -0.4 is 14.9 Å². The lowest BCUT2D eigenvalue weighted by molar-refractivity contribution is -0.138. The fourth-order valence-electron chi connectivity index (χ4n) is 4.04. The number of carbonyl (C=O) groups is 1. The Balaban J connectivity index is 1.53. The normalized spacial score (nSPS) is 14.8. The van der Waals surface area contributed by atoms with Gasteiger partial charge in [0, 0.05) is 42.7 Å².